The summed E-state index contributed by atoms with van der Waals surface area (Å²) in [6, 6.07) is 9.40. The molecule has 1 heterocycles. The van der Waals surface area contributed by atoms with Crippen LogP contribution in [-0.4, -0.2) is 35.7 Å². The number of aliphatic hydroxyl groups is 1. The van der Waals surface area contributed by atoms with Crippen molar-refractivity contribution in [1.82, 2.24) is 4.90 Å². The molecule has 0 saturated carbocycles. The molecule has 0 atom stereocenters. The Labute approximate surface area is 129 Å². The molecule has 0 radical (unpaired) electrons. The first-order valence-corrected chi connectivity index (χ1v) is 8.43. The molecule has 0 aromatic heterocycles. The van der Waals surface area contributed by atoms with E-state index >= 15 is 0 Å². The van der Waals surface area contributed by atoms with Crippen LogP contribution >= 0.6 is 0 Å². The van der Waals surface area contributed by atoms with Gasteiger partial charge in [-0.15, -0.1) is 0 Å². The molecule has 1 fully saturated rings. The average molecular weight is 290 g/mol. The van der Waals surface area contributed by atoms with Gasteiger partial charge in [-0.3, -0.25) is 4.90 Å². The van der Waals surface area contributed by atoms with Crippen LogP contribution in [0.4, 0.5) is 5.69 Å². The minimum atomic E-state index is 0.350. The molecule has 1 aromatic carbocycles. The smallest absolute Gasteiger partial charge is 0.0460 e. The molecule has 0 bridgehead atoms. The van der Waals surface area contributed by atoms with Gasteiger partial charge in [0.05, 0.1) is 0 Å². The highest BCUT2D eigenvalue weighted by atomic mass is 16.3. The molecule has 1 aliphatic heterocycles. The van der Waals surface area contributed by atoms with E-state index in [-0.39, 0.29) is 0 Å². The molecule has 2 rings (SSSR count). The topological polar surface area (TPSA) is 35.5 Å². The third-order valence-electron chi connectivity index (χ3n) is 4.65. The highest BCUT2D eigenvalue weighted by molar-refractivity contribution is 5.46. The van der Waals surface area contributed by atoms with E-state index in [1.807, 2.05) is 0 Å². The fourth-order valence-electron chi connectivity index (χ4n) is 3.07. The zero-order chi connectivity index (χ0) is 15.1. The van der Waals surface area contributed by atoms with E-state index in [1.165, 1.54) is 11.3 Å². The Morgan fingerprint density at radius 2 is 1.95 bits per heavy atom. The number of anilines is 1. The van der Waals surface area contributed by atoms with Crippen molar-refractivity contribution in [3.05, 3.63) is 29.8 Å². The van der Waals surface area contributed by atoms with Crippen LogP contribution in [0.25, 0.3) is 0 Å². The van der Waals surface area contributed by atoms with Crippen molar-refractivity contribution in [1.29, 1.82) is 0 Å². The zero-order valence-corrected chi connectivity index (χ0v) is 13.5. The maximum atomic E-state index is 9.21. The fourth-order valence-corrected chi connectivity index (χ4v) is 3.07. The van der Waals surface area contributed by atoms with E-state index in [2.05, 4.69) is 48.3 Å². The van der Waals surface area contributed by atoms with Gasteiger partial charge in [-0.25, -0.2) is 0 Å². The normalized spacial score (nSPS) is 17.3. The van der Waals surface area contributed by atoms with E-state index in [4.69, 9.17) is 0 Å². The van der Waals surface area contributed by atoms with Crippen LogP contribution in [0, 0.1) is 5.92 Å². The first-order chi connectivity index (χ1) is 10.2. The van der Waals surface area contributed by atoms with Crippen LogP contribution in [0.1, 0.15) is 45.1 Å². The van der Waals surface area contributed by atoms with Gasteiger partial charge >= 0.3 is 0 Å². The van der Waals surface area contributed by atoms with Crippen molar-refractivity contribution in [3.8, 4) is 0 Å². The molecular formula is C18H30N2O. The number of rotatable bonds is 7. The van der Waals surface area contributed by atoms with Gasteiger partial charge in [-0.05, 0) is 62.4 Å². The predicted molar refractivity (Wildman–Crippen MR) is 89.5 cm³/mol. The fraction of sp³-hybridized carbons (Fsp3) is 0.667. The van der Waals surface area contributed by atoms with Gasteiger partial charge in [0.25, 0.3) is 0 Å². The maximum absolute atomic E-state index is 9.21. The van der Waals surface area contributed by atoms with Gasteiger partial charge in [0.2, 0.25) is 0 Å². The molecule has 0 aliphatic carbocycles. The second-order valence-corrected chi connectivity index (χ2v) is 6.26. The molecule has 0 unspecified atom stereocenters. The summed E-state index contributed by atoms with van der Waals surface area (Å²) in [5.41, 5.74) is 2.62. The number of likely N-dealkylation sites (tertiary alicyclic amines) is 1. The van der Waals surface area contributed by atoms with Gasteiger partial charge in [0.1, 0.15) is 0 Å². The van der Waals surface area contributed by atoms with Gasteiger partial charge < -0.3 is 10.4 Å². The molecule has 0 spiro atoms. The SMILES string of the molecule is CCC(CC)Nc1cccc(CN2CCC(CO)CC2)c1. The lowest BCUT2D eigenvalue weighted by Gasteiger charge is -2.31. The summed E-state index contributed by atoms with van der Waals surface area (Å²) in [6.07, 6.45) is 4.58. The lowest BCUT2D eigenvalue weighted by atomic mass is 9.97. The summed E-state index contributed by atoms with van der Waals surface area (Å²) in [4.78, 5) is 2.50. The lowest BCUT2D eigenvalue weighted by Crippen LogP contribution is -2.34. The third kappa shape index (κ3) is 5.01. The van der Waals surface area contributed by atoms with Crippen LogP contribution in [0.3, 0.4) is 0 Å². The number of benzene rings is 1. The van der Waals surface area contributed by atoms with Crippen molar-refractivity contribution in [2.75, 3.05) is 25.0 Å². The number of piperidine rings is 1. The summed E-state index contributed by atoms with van der Waals surface area (Å²) < 4.78 is 0. The van der Waals surface area contributed by atoms with Crippen molar-refractivity contribution < 1.29 is 5.11 Å². The first-order valence-electron chi connectivity index (χ1n) is 8.43. The van der Waals surface area contributed by atoms with E-state index in [0.29, 0.717) is 18.6 Å². The monoisotopic (exact) mass is 290 g/mol. The Morgan fingerprint density at radius 3 is 2.57 bits per heavy atom. The van der Waals surface area contributed by atoms with Crippen LogP contribution in [-0.2, 0) is 6.54 Å². The van der Waals surface area contributed by atoms with E-state index in [0.717, 1.165) is 45.3 Å². The Morgan fingerprint density at radius 1 is 1.24 bits per heavy atom. The van der Waals surface area contributed by atoms with Crippen LogP contribution in [0.15, 0.2) is 24.3 Å². The van der Waals surface area contributed by atoms with Crippen LogP contribution < -0.4 is 5.32 Å². The highest BCUT2D eigenvalue weighted by Gasteiger charge is 2.18. The minimum absolute atomic E-state index is 0.350. The largest absolute Gasteiger partial charge is 0.396 e. The highest BCUT2D eigenvalue weighted by Crippen LogP contribution is 2.20. The lowest BCUT2D eigenvalue weighted by molar-refractivity contribution is 0.127. The molecule has 2 N–H and O–H groups in total. The molecule has 3 heteroatoms. The minimum Gasteiger partial charge on any atom is -0.396 e. The van der Waals surface area contributed by atoms with E-state index < -0.39 is 0 Å². The maximum Gasteiger partial charge on any atom is 0.0460 e. The van der Waals surface area contributed by atoms with Crippen molar-refractivity contribution in [2.45, 2.75) is 52.1 Å². The summed E-state index contributed by atoms with van der Waals surface area (Å²) in [5, 5.41) is 12.8. The number of aliphatic hydroxyl groups excluding tert-OH is 1. The Balaban J connectivity index is 1.89. The number of hydrogen-bond acceptors (Lipinski definition) is 3. The quantitative estimate of drug-likeness (QED) is 0.807. The Hall–Kier alpha value is -1.06. The van der Waals surface area contributed by atoms with Crippen LogP contribution in [0.5, 0.6) is 0 Å². The molecule has 21 heavy (non-hydrogen) atoms. The zero-order valence-electron chi connectivity index (χ0n) is 13.5. The summed E-state index contributed by atoms with van der Waals surface area (Å²) in [7, 11) is 0. The number of nitrogens with one attached hydrogen (secondary N) is 1. The molecule has 0 amide bonds. The van der Waals surface area contributed by atoms with E-state index in [1.54, 1.807) is 0 Å². The number of hydrogen-bond donors (Lipinski definition) is 2. The molecule has 1 saturated heterocycles. The van der Waals surface area contributed by atoms with Crippen molar-refractivity contribution in [2.24, 2.45) is 5.92 Å². The molecule has 118 valence electrons. The molecular weight excluding hydrogens is 260 g/mol. The second-order valence-electron chi connectivity index (χ2n) is 6.26. The van der Waals surface area contributed by atoms with Gasteiger partial charge in [0, 0.05) is 24.9 Å². The summed E-state index contributed by atoms with van der Waals surface area (Å²) in [6.45, 7) is 8.05. The van der Waals surface area contributed by atoms with Crippen LogP contribution in [0.2, 0.25) is 0 Å². The second kappa shape index (κ2) is 8.40. The molecule has 1 aliphatic rings. The summed E-state index contributed by atoms with van der Waals surface area (Å²) in [5.74, 6) is 0.518. The number of nitrogens with zero attached hydrogens (tertiary/aromatic N) is 1. The van der Waals surface area contributed by atoms with E-state index in [9.17, 15) is 5.11 Å². The Kier molecular flexibility index (Phi) is 6.52. The van der Waals surface area contributed by atoms with Crippen molar-refractivity contribution >= 4 is 5.69 Å². The summed E-state index contributed by atoms with van der Waals surface area (Å²) >= 11 is 0. The Bertz CT molecular complexity index is 409. The third-order valence-corrected chi connectivity index (χ3v) is 4.65. The standard InChI is InChI=1S/C18H30N2O/c1-3-17(4-2)19-18-7-5-6-16(12-18)13-20-10-8-15(14-21)9-11-20/h5-7,12,15,17,19,21H,3-4,8-11,13-14H2,1-2H3. The van der Waals surface area contributed by atoms with Gasteiger partial charge in [-0.2, -0.15) is 0 Å². The first kappa shape index (κ1) is 16.3. The van der Waals surface area contributed by atoms with Gasteiger partial charge in [-0.1, -0.05) is 26.0 Å². The molecule has 1 aromatic rings. The molecule has 3 nitrogen and oxygen atoms in total. The predicted octanol–water partition coefficient (Wildman–Crippen LogP) is 3.49. The van der Waals surface area contributed by atoms with Crippen molar-refractivity contribution in [3.63, 3.8) is 0 Å². The average Bonchev–Trinajstić information content (AvgIpc) is 2.53. The van der Waals surface area contributed by atoms with Gasteiger partial charge in [0.15, 0.2) is 0 Å².